The number of fused-ring (bicyclic) bond motifs is 6. The van der Waals surface area contributed by atoms with Crippen LogP contribution in [0.3, 0.4) is 0 Å². The van der Waals surface area contributed by atoms with Crippen LogP contribution in [0, 0.1) is 0 Å². The quantitative estimate of drug-likeness (QED) is 0.116. The van der Waals surface area contributed by atoms with Crippen molar-refractivity contribution in [3.63, 3.8) is 0 Å². The molecule has 1 heterocycles. The lowest BCUT2D eigenvalue weighted by Crippen LogP contribution is -2.28. The van der Waals surface area contributed by atoms with Crippen molar-refractivity contribution < 1.29 is 15.3 Å². The maximum absolute atomic E-state index is 10.4. The highest BCUT2D eigenvalue weighted by molar-refractivity contribution is 5.85. The fourth-order valence-electron chi connectivity index (χ4n) is 9.72. The monoisotopic (exact) mass is 735 g/mol. The second-order valence-electron chi connectivity index (χ2n) is 15.2. The molecule has 9 rings (SSSR count). The molecule has 2 aliphatic rings. The van der Waals surface area contributed by atoms with Crippen LogP contribution in [0.15, 0.2) is 140 Å². The molecule has 1 aromatic heterocycles. The molecule has 0 amide bonds. The van der Waals surface area contributed by atoms with E-state index in [-0.39, 0.29) is 25.2 Å². The molecule has 6 heteroatoms. The number of hydrogen-bond acceptors (Lipinski definition) is 6. The van der Waals surface area contributed by atoms with Crippen molar-refractivity contribution in [1.29, 1.82) is 0 Å². The molecule has 278 valence electrons. The van der Waals surface area contributed by atoms with E-state index in [1.54, 1.807) is 0 Å². The Morgan fingerprint density at radius 2 is 0.750 bits per heavy atom. The Labute approximate surface area is 328 Å². The molecule has 1 atom stereocenters. The predicted molar refractivity (Wildman–Crippen MR) is 224 cm³/mol. The van der Waals surface area contributed by atoms with Gasteiger partial charge in [-0.05, 0) is 93.5 Å². The number of benzene rings is 6. The Bertz CT molecular complexity index is 2400. The normalized spacial score (nSPS) is 15.9. The highest BCUT2D eigenvalue weighted by Gasteiger charge is 2.43. The first-order valence-corrected chi connectivity index (χ1v) is 19.8. The van der Waals surface area contributed by atoms with Crippen LogP contribution in [-0.4, -0.2) is 50.1 Å². The average molecular weight is 736 g/mol. The molecular formula is C50H45N3O3. The van der Waals surface area contributed by atoms with Crippen LogP contribution >= 0.6 is 0 Å². The molecule has 7 aromatic rings. The van der Waals surface area contributed by atoms with E-state index in [2.05, 4.69) is 116 Å². The number of aromatic nitrogens is 3. The van der Waals surface area contributed by atoms with Crippen molar-refractivity contribution in [1.82, 2.24) is 15.0 Å². The van der Waals surface area contributed by atoms with E-state index < -0.39 is 5.41 Å². The third-order valence-corrected chi connectivity index (χ3v) is 12.2. The fourth-order valence-corrected chi connectivity index (χ4v) is 9.72. The van der Waals surface area contributed by atoms with E-state index in [9.17, 15) is 15.3 Å². The van der Waals surface area contributed by atoms with Crippen molar-refractivity contribution in [3.05, 3.63) is 162 Å². The molecule has 0 bridgehead atoms. The molecule has 0 saturated heterocycles. The fraction of sp³-hybridized carbons (Fsp3) is 0.220. The Morgan fingerprint density at radius 1 is 0.375 bits per heavy atom. The minimum absolute atomic E-state index is 0.00493. The Hall–Kier alpha value is -5.79. The number of rotatable bonds is 12. The lowest BCUT2D eigenvalue weighted by molar-refractivity contribution is 0.213. The Morgan fingerprint density at radius 3 is 1.23 bits per heavy atom. The first-order valence-electron chi connectivity index (χ1n) is 19.8. The van der Waals surface area contributed by atoms with Gasteiger partial charge >= 0.3 is 0 Å². The van der Waals surface area contributed by atoms with Crippen molar-refractivity contribution in [2.45, 2.75) is 49.9 Å². The standard InChI is InChI=1S/C50H45N3O3/c1-2-24-49(25-28-54)42-14-8-6-12-38(42)40-22-20-36(31-44(40)49)47-51-46(35-18-16-34(17-19-35)33-10-4-3-5-11-33)52-48(53-47)37-21-23-41-39-13-7-9-15-43(39)50(26-29-55,27-30-56)45(41)32-37/h3-23,31-32,54-56H,2,24-30H2,1H3. The molecule has 6 nitrogen and oxygen atoms in total. The van der Waals surface area contributed by atoms with Crippen LogP contribution in [0.4, 0.5) is 0 Å². The van der Waals surface area contributed by atoms with Crippen LogP contribution in [0.25, 0.3) is 67.5 Å². The van der Waals surface area contributed by atoms with Gasteiger partial charge in [0.15, 0.2) is 17.5 Å². The molecule has 2 aliphatic carbocycles. The maximum atomic E-state index is 10.4. The first-order chi connectivity index (χ1) is 27.5. The zero-order chi connectivity index (χ0) is 38.3. The van der Waals surface area contributed by atoms with Crippen molar-refractivity contribution >= 4 is 0 Å². The molecule has 6 aromatic carbocycles. The number of nitrogens with zero attached hydrogens (tertiary/aromatic N) is 3. The van der Waals surface area contributed by atoms with E-state index in [1.807, 2.05) is 30.3 Å². The van der Waals surface area contributed by atoms with Gasteiger partial charge < -0.3 is 15.3 Å². The summed E-state index contributed by atoms with van der Waals surface area (Å²) >= 11 is 0. The second-order valence-corrected chi connectivity index (χ2v) is 15.2. The van der Waals surface area contributed by atoms with Gasteiger partial charge in [-0.1, -0.05) is 141 Å². The maximum Gasteiger partial charge on any atom is 0.164 e. The molecule has 3 N–H and O–H groups in total. The van der Waals surface area contributed by atoms with E-state index in [0.29, 0.717) is 36.7 Å². The average Bonchev–Trinajstić information content (AvgIpc) is 3.67. The summed E-state index contributed by atoms with van der Waals surface area (Å²) in [5, 5.41) is 31.2. The molecule has 0 saturated carbocycles. The summed E-state index contributed by atoms with van der Waals surface area (Å²) in [6, 6.07) is 48.6. The van der Waals surface area contributed by atoms with Gasteiger partial charge in [-0.15, -0.1) is 0 Å². The Kier molecular flexibility index (Phi) is 9.42. The Balaban J connectivity index is 1.22. The molecule has 0 spiro atoms. The van der Waals surface area contributed by atoms with Gasteiger partial charge in [-0.2, -0.15) is 0 Å². The van der Waals surface area contributed by atoms with Crippen LogP contribution in [0.5, 0.6) is 0 Å². The summed E-state index contributed by atoms with van der Waals surface area (Å²) < 4.78 is 0. The number of hydrogen-bond donors (Lipinski definition) is 3. The zero-order valence-electron chi connectivity index (χ0n) is 31.6. The summed E-state index contributed by atoms with van der Waals surface area (Å²) in [4.78, 5) is 15.5. The molecule has 0 aliphatic heterocycles. The van der Waals surface area contributed by atoms with E-state index in [1.165, 1.54) is 22.3 Å². The topological polar surface area (TPSA) is 99.4 Å². The first kappa shape index (κ1) is 35.9. The van der Waals surface area contributed by atoms with Gasteiger partial charge in [0.1, 0.15) is 0 Å². The summed E-state index contributed by atoms with van der Waals surface area (Å²) in [5.41, 5.74) is 13.3. The van der Waals surface area contributed by atoms with Crippen LogP contribution in [0.2, 0.25) is 0 Å². The smallest absolute Gasteiger partial charge is 0.164 e. The van der Waals surface area contributed by atoms with Crippen LogP contribution in [0.1, 0.15) is 61.3 Å². The lowest BCUT2D eigenvalue weighted by Gasteiger charge is -2.31. The third kappa shape index (κ3) is 5.79. The predicted octanol–water partition coefficient (Wildman–Crippen LogP) is 10.0. The summed E-state index contributed by atoms with van der Waals surface area (Å²) in [7, 11) is 0. The van der Waals surface area contributed by atoms with Crippen molar-refractivity contribution in [2.75, 3.05) is 19.8 Å². The highest BCUT2D eigenvalue weighted by Crippen LogP contribution is 2.55. The van der Waals surface area contributed by atoms with E-state index in [0.717, 1.165) is 62.9 Å². The summed E-state index contributed by atoms with van der Waals surface area (Å²) in [6.07, 6.45) is 3.52. The van der Waals surface area contributed by atoms with Crippen molar-refractivity contribution in [3.8, 4) is 67.5 Å². The van der Waals surface area contributed by atoms with Gasteiger partial charge in [-0.3, -0.25) is 0 Å². The van der Waals surface area contributed by atoms with Crippen LogP contribution in [-0.2, 0) is 10.8 Å². The van der Waals surface area contributed by atoms with Crippen molar-refractivity contribution in [2.24, 2.45) is 0 Å². The van der Waals surface area contributed by atoms with Gasteiger partial charge in [0.05, 0.1) is 0 Å². The third-order valence-electron chi connectivity index (χ3n) is 12.2. The largest absolute Gasteiger partial charge is 0.396 e. The summed E-state index contributed by atoms with van der Waals surface area (Å²) in [5.74, 6) is 1.70. The molecule has 0 radical (unpaired) electrons. The van der Waals surface area contributed by atoms with E-state index in [4.69, 9.17) is 15.0 Å². The molecular weight excluding hydrogens is 691 g/mol. The van der Waals surface area contributed by atoms with Gasteiger partial charge in [0.2, 0.25) is 0 Å². The lowest BCUT2D eigenvalue weighted by atomic mass is 9.72. The molecule has 56 heavy (non-hydrogen) atoms. The minimum Gasteiger partial charge on any atom is -0.396 e. The van der Waals surface area contributed by atoms with Gasteiger partial charge in [0, 0.05) is 47.3 Å². The molecule has 1 unspecified atom stereocenters. The van der Waals surface area contributed by atoms with Gasteiger partial charge in [-0.25, -0.2) is 15.0 Å². The minimum atomic E-state index is -0.540. The number of aliphatic hydroxyl groups excluding tert-OH is 3. The second kappa shape index (κ2) is 14.7. The van der Waals surface area contributed by atoms with Gasteiger partial charge in [0.25, 0.3) is 0 Å². The summed E-state index contributed by atoms with van der Waals surface area (Å²) in [6.45, 7) is 2.29. The zero-order valence-corrected chi connectivity index (χ0v) is 31.6. The number of aliphatic hydroxyl groups is 3. The van der Waals surface area contributed by atoms with E-state index >= 15 is 0 Å². The van der Waals surface area contributed by atoms with Crippen LogP contribution < -0.4 is 0 Å². The highest BCUT2D eigenvalue weighted by atomic mass is 16.3. The molecule has 0 fully saturated rings. The SMILES string of the molecule is CCCC1(CCO)c2ccccc2-c2ccc(-c3nc(-c4ccc(-c5ccccc5)cc4)nc(-c4ccc5c(c4)C(CCO)(CCO)c4ccccc4-5)n3)cc21.